The zero-order valence-corrected chi connectivity index (χ0v) is 18.5. The van der Waals surface area contributed by atoms with E-state index in [1.165, 1.54) is 38.1 Å². The minimum absolute atomic E-state index is 0.0785. The smallest absolute Gasteiger partial charge is 0.416 e. The Labute approximate surface area is 192 Å². The number of ketones is 1. The molecule has 0 saturated carbocycles. The normalized spacial score (nSPS) is 11.1. The van der Waals surface area contributed by atoms with Gasteiger partial charge in [-0.15, -0.1) is 0 Å². The average Bonchev–Trinajstić information content (AvgIpc) is 3.10. The number of aromatic nitrogens is 2. The van der Waals surface area contributed by atoms with Crippen LogP contribution in [0, 0.1) is 13.8 Å². The van der Waals surface area contributed by atoms with Gasteiger partial charge in [-0.1, -0.05) is 6.07 Å². The maximum atomic E-state index is 13.1. The molecule has 1 heterocycles. The SMILES string of the molecule is CCOc1ccc(C(=O)NNC(=O)C(=O)c2c(C)nn(-c3cccc(C(F)(F)F)c3)c2C)cc1. The molecule has 0 bridgehead atoms. The van der Waals surface area contributed by atoms with E-state index < -0.39 is 29.3 Å². The summed E-state index contributed by atoms with van der Waals surface area (Å²) in [6.07, 6.45) is -4.55. The lowest BCUT2D eigenvalue weighted by molar-refractivity contribution is -0.137. The third-order valence-corrected chi connectivity index (χ3v) is 4.86. The number of carbonyl (C=O) groups excluding carboxylic acids is 3. The van der Waals surface area contributed by atoms with Crippen LogP contribution in [0.5, 0.6) is 5.75 Å². The summed E-state index contributed by atoms with van der Waals surface area (Å²) >= 11 is 0. The number of rotatable bonds is 6. The molecule has 0 atom stereocenters. The number of Topliss-reactive ketones (excluding diaryl/α,β-unsaturated/α-hetero) is 1. The van der Waals surface area contributed by atoms with Gasteiger partial charge in [-0.3, -0.25) is 25.2 Å². The van der Waals surface area contributed by atoms with Crippen LogP contribution in [-0.2, 0) is 11.0 Å². The molecule has 0 unspecified atom stereocenters. The largest absolute Gasteiger partial charge is 0.494 e. The Morgan fingerprint density at radius 1 is 1.03 bits per heavy atom. The molecule has 0 aliphatic rings. The Balaban J connectivity index is 1.74. The molecular formula is C23H21F3N4O4. The van der Waals surface area contributed by atoms with Gasteiger partial charge in [0.2, 0.25) is 0 Å². The quantitative estimate of drug-likeness (QED) is 0.323. The highest BCUT2D eigenvalue weighted by atomic mass is 19.4. The number of nitrogens with one attached hydrogen (secondary N) is 2. The maximum absolute atomic E-state index is 13.1. The predicted molar refractivity (Wildman–Crippen MR) is 116 cm³/mol. The van der Waals surface area contributed by atoms with Crippen molar-refractivity contribution in [3.8, 4) is 11.4 Å². The molecule has 0 spiro atoms. The fourth-order valence-corrected chi connectivity index (χ4v) is 3.26. The summed E-state index contributed by atoms with van der Waals surface area (Å²) in [5.41, 5.74) is 3.87. The molecule has 0 aliphatic heterocycles. The fourth-order valence-electron chi connectivity index (χ4n) is 3.26. The molecular weight excluding hydrogens is 453 g/mol. The second-order valence-electron chi connectivity index (χ2n) is 7.20. The molecule has 0 saturated heterocycles. The molecule has 0 fully saturated rings. The van der Waals surface area contributed by atoms with Gasteiger partial charge in [0.1, 0.15) is 5.75 Å². The van der Waals surface area contributed by atoms with Crippen LogP contribution in [0.3, 0.4) is 0 Å². The number of carbonyl (C=O) groups is 3. The average molecular weight is 474 g/mol. The summed E-state index contributed by atoms with van der Waals surface area (Å²) in [6, 6.07) is 10.6. The Kier molecular flexibility index (Phi) is 7.04. The van der Waals surface area contributed by atoms with E-state index in [0.717, 1.165) is 16.8 Å². The molecule has 2 N–H and O–H groups in total. The first-order valence-corrected chi connectivity index (χ1v) is 10.1. The Bertz CT molecular complexity index is 1230. The Morgan fingerprint density at radius 3 is 2.32 bits per heavy atom. The number of aryl methyl sites for hydroxylation is 1. The number of benzene rings is 2. The zero-order chi connectivity index (χ0) is 25.0. The molecule has 3 aromatic rings. The molecule has 0 aliphatic carbocycles. The molecule has 1 aromatic heterocycles. The molecule has 178 valence electrons. The second kappa shape index (κ2) is 9.77. The van der Waals surface area contributed by atoms with Crippen molar-refractivity contribution in [3.63, 3.8) is 0 Å². The van der Waals surface area contributed by atoms with Crippen molar-refractivity contribution in [1.29, 1.82) is 0 Å². The molecule has 2 amide bonds. The van der Waals surface area contributed by atoms with Crippen LogP contribution in [0.4, 0.5) is 13.2 Å². The third kappa shape index (κ3) is 5.25. The fraction of sp³-hybridized carbons (Fsp3) is 0.217. The van der Waals surface area contributed by atoms with E-state index in [9.17, 15) is 27.6 Å². The van der Waals surface area contributed by atoms with Crippen molar-refractivity contribution in [2.45, 2.75) is 26.9 Å². The Morgan fingerprint density at radius 2 is 1.71 bits per heavy atom. The van der Waals surface area contributed by atoms with E-state index in [1.54, 1.807) is 12.1 Å². The summed E-state index contributed by atoms with van der Waals surface area (Å²) in [4.78, 5) is 37.3. The number of amides is 2. The maximum Gasteiger partial charge on any atom is 0.416 e. The summed E-state index contributed by atoms with van der Waals surface area (Å²) < 4.78 is 45.6. The van der Waals surface area contributed by atoms with Gasteiger partial charge in [0.15, 0.2) is 0 Å². The number of nitrogens with zero attached hydrogens (tertiary/aromatic N) is 2. The predicted octanol–water partition coefficient (Wildman–Crippen LogP) is 3.55. The number of hydrazine groups is 1. The molecule has 0 radical (unpaired) electrons. The van der Waals surface area contributed by atoms with Crippen LogP contribution in [0.15, 0.2) is 48.5 Å². The molecule has 11 heteroatoms. The standard InChI is InChI=1S/C23H21F3N4O4/c1-4-34-18-10-8-15(9-11-18)21(32)27-28-22(33)20(31)19-13(2)29-30(14(19)3)17-7-5-6-16(12-17)23(24,25)26/h5-12H,4H2,1-3H3,(H,27,32)(H,28,33). The summed E-state index contributed by atoms with van der Waals surface area (Å²) in [6.45, 7) is 5.20. The lowest BCUT2D eigenvalue weighted by Gasteiger charge is -2.10. The van der Waals surface area contributed by atoms with Crippen LogP contribution in [0.2, 0.25) is 0 Å². The Hall–Kier alpha value is -4.15. The van der Waals surface area contributed by atoms with Crippen molar-refractivity contribution < 1.29 is 32.3 Å². The number of hydrogen-bond donors (Lipinski definition) is 2. The molecule has 8 nitrogen and oxygen atoms in total. The van der Waals surface area contributed by atoms with Gasteiger partial charge >= 0.3 is 12.1 Å². The monoisotopic (exact) mass is 474 g/mol. The topological polar surface area (TPSA) is 102 Å². The zero-order valence-electron chi connectivity index (χ0n) is 18.5. The number of ether oxygens (including phenoxy) is 1. The number of halogens is 3. The van der Waals surface area contributed by atoms with E-state index in [1.807, 2.05) is 12.3 Å². The van der Waals surface area contributed by atoms with Crippen LogP contribution >= 0.6 is 0 Å². The number of alkyl halides is 3. The van der Waals surface area contributed by atoms with Gasteiger partial charge in [0.05, 0.1) is 34.8 Å². The first-order chi connectivity index (χ1) is 16.0. The molecule has 3 rings (SSSR count). The van der Waals surface area contributed by atoms with Gasteiger partial charge < -0.3 is 4.74 Å². The highest BCUT2D eigenvalue weighted by molar-refractivity contribution is 6.43. The van der Waals surface area contributed by atoms with Crippen molar-refractivity contribution in [2.75, 3.05) is 6.61 Å². The first kappa shape index (κ1) is 24.5. The molecule has 34 heavy (non-hydrogen) atoms. The summed E-state index contributed by atoms with van der Waals surface area (Å²) in [5.74, 6) is -2.21. The van der Waals surface area contributed by atoms with E-state index in [4.69, 9.17) is 4.74 Å². The highest BCUT2D eigenvalue weighted by Crippen LogP contribution is 2.31. The number of hydrogen-bond acceptors (Lipinski definition) is 5. The van der Waals surface area contributed by atoms with Gasteiger partial charge in [0, 0.05) is 5.56 Å². The van der Waals surface area contributed by atoms with Gasteiger partial charge in [-0.2, -0.15) is 18.3 Å². The second-order valence-corrected chi connectivity index (χ2v) is 7.20. The van der Waals surface area contributed by atoms with Crippen molar-refractivity contribution in [3.05, 3.63) is 76.6 Å². The van der Waals surface area contributed by atoms with E-state index >= 15 is 0 Å². The van der Waals surface area contributed by atoms with E-state index in [2.05, 4.69) is 10.5 Å². The van der Waals surface area contributed by atoms with Gasteiger partial charge in [-0.05, 0) is 63.2 Å². The van der Waals surface area contributed by atoms with Crippen LogP contribution in [0.25, 0.3) is 5.69 Å². The van der Waals surface area contributed by atoms with E-state index in [-0.39, 0.29) is 28.2 Å². The van der Waals surface area contributed by atoms with Crippen LogP contribution < -0.4 is 15.6 Å². The van der Waals surface area contributed by atoms with Gasteiger partial charge in [0.25, 0.3) is 11.7 Å². The van der Waals surface area contributed by atoms with Gasteiger partial charge in [-0.25, -0.2) is 4.68 Å². The first-order valence-electron chi connectivity index (χ1n) is 10.1. The van der Waals surface area contributed by atoms with Crippen LogP contribution in [0.1, 0.15) is 44.6 Å². The minimum atomic E-state index is -4.55. The lowest BCUT2D eigenvalue weighted by Crippen LogP contribution is -2.45. The third-order valence-electron chi connectivity index (χ3n) is 4.86. The lowest BCUT2D eigenvalue weighted by atomic mass is 10.1. The van der Waals surface area contributed by atoms with Crippen molar-refractivity contribution in [1.82, 2.24) is 20.6 Å². The summed E-state index contributed by atoms with van der Waals surface area (Å²) in [7, 11) is 0. The summed E-state index contributed by atoms with van der Waals surface area (Å²) in [5, 5.41) is 4.12. The van der Waals surface area contributed by atoms with Crippen LogP contribution in [-0.4, -0.2) is 34.0 Å². The van der Waals surface area contributed by atoms with E-state index in [0.29, 0.717) is 12.4 Å². The van der Waals surface area contributed by atoms with Crippen molar-refractivity contribution >= 4 is 17.6 Å². The van der Waals surface area contributed by atoms with Crippen molar-refractivity contribution in [2.24, 2.45) is 0 Å². The highest BCUT2D eigenvalue weighted by Gasteiger charge is 2.31. The molecule has 2 aromatic carbocycles. The minimum Gasteiger partial charge on any atom is -0.494 e.